The Balaban J connectivity index is 2.38. The first kappa shape index (κ1) is 18.0. The normalized spacial score (nSPS) is 11.2. The minimum atomic E-state index is -4.12. The average Bonchev–Trinajstić information content (AvgIpc) is 2.53. The minimum Gasteiger partial charge on any atom is -0.490 e. The highest BCUT2D eigenvalue weighted by Crippen LogP contribution is 2.31. The van der Waals surface area contributed by atoms with Crippen molar-refractivity contribution in [2.24, 2.45) is 0 Å². The third kappa shape index (κ3) is 4.14. The van der Waals surface area contributed by atoms with E-state index in [9.17, 15) is 17.2 Å². The summed E-state index contributed by atoms with van der Waals surface area (Å²) in [5.41, 5.74) is -0.471. The second kappa shape index (κ2) is 7.48. The number of sulfonamides is 1. The zero-order chi connectivity index (χ0) is 17.7. The number of hydrogen-bond acceptors (Lipinski definition) is 4. The molecule has 0 atom stereocenters. The summed E-state index contributed by atoms with van der Waals surface area (Å²) in [6.07, 6.45) is 0. The van der Waals surface area contributed by atoms with Crippen LogP contribution in [-0.4, -0.2) is 21.6 Å². The quantitative estimate of drug-likeness (QED) is 0.823. The molecule has 2 aromatic carbocycles. The highest BCUT2D eigenvalue weighted by Gasteiger charge is 2.19. The number of hydrogen-bond donors (Lipinski definition) is 1. The van der Waals surface area contributed by atoms with Crippen molar-refractivity contribution in [3.8, 4) is 11.5 Å². The van der Waals surface area contributed by atoms with Crippen LogP contribution in [-0.2, 0) is 10.0 Å². The molecule has 0 spiro atoms. The van der Waals surface area contributed by atoms with E-state index in [4.69, 9.17) is 9.47 Å². The van der Waals surface area contributed by atoms with Crippen LogP contribution in [0, 0.1) is 11.6 Å². The number of halogens is 2. The van der Waals surface area contributed by atoms with Crippen molar-refractivity contribution in [2.45, 2.75) is 18.7 Å². The molecule has 0 aliphatic carbocycles. The number of anilines is 1. The van der Waals surface area contributed by atoms with Gasteiger partial charge in [0.05, 0.1) is 23.8 Å². The van der Waals surface area contributed by atoms with Gasteiger partial charge in [-0.15, -0.1) is 0 Å². The molecular weight excluding hydrogens is 340 g/mol. The van der Waals surface area contributed by atoms with E-state index in [1.54, 1.807) is 13.8 Å². The van der Waals surface area contributed by atoms with Crippen LogP contribution >= 0.6 is 0 Å². The third-order valence-corrected chi connectivity index (χ3v) is 4.36. The summed E-state index contributed by atoms with van der Waals surface area (Å²) < 4.78 is 64.4. The monoisotopic (exact) mass is 357 g/mol. The summed E-state index contributed by atoms with van der Waals surface area (Å²) in [4.78, 5) is -0.155. The molecule has 1 N–H and O–H groups in total. The van der Waals surface area contributed by atoms with Crippen LogP contribution in [0.2, 0.25) is 0 Å². The van der Waals surface area contributed by atoms with Crippen LogP contribution in [0.3, 0.4) is 0 Å². The molecular formula is C16H17F2NO4S. The molecule has 0 aliphatic heterocycles. The first-order chi connectivity index (χ1) is 11.4. The Morgan fingerprint density at radius 2 is 1.62 bits per heavy atom. The van der Waals surface area contributed by atoms with Crippen LogP contribution in [0.1, 0.15) is 13.8 Å². The van der Waals surface area contributed by atoms with Gasteiger partial charge in [-0.25, -0.2) is 17.2 Å². The van der Waals surface area contributed by atoms with Gasteiger partial charge < -0.3 is 9.47 Å². The van der Waals surface area contributed by atoms with Crippen molar-refractivity contribution < 1.29 is 26.7 Å². The van der Waals surface area contributed by atoms with Crippen LogP contribution in [0.15, 0.2) is 41.3 Å². The molecule has 8 heteroatoms. The molecule has 0 bridgehead atoms. The van der Waals surface area contributed by atoms with Gasteiger partial charge in [-0.3, -0.25) is 4.72 Å². The second-order valence-corrected chi connectivity index (χ2v) is 6.39. The van der Waals surface area contributed by atoms with Crippen LogP contribution in [0.5, 0.6) is 11.5 Å². The summed E-state index contributed by atoms with van der Waals surface area (Å²) in [5, 5.41) is 0. The van der Waals surface area contributed by atoms with Gasteiger partial charge >= 0.3 is 0 Å². The molecule has 2 aromatic rings. The van der Waals surface area contributed by atoms with Crippen molar-refractivity contribution in [2.75, 3.05) is 17.9 Å². The zero-order valence-corrected chi connectivity index (χ0v) is 14.0. The van der Waals surface area contributed by atoms with Crippen molar-refractivity contribution in [1.29, 1.82) is 0 Å². The van der Waals surface area contributed by atoms with E-state index >= 15 is 0 Å². The van der Waals surface area contributed by atoms with Gasteiger partial charge in [0.2, 0.25) is 0 Å². The molecule has 2 rings (SSSR count). The van der Waals surface area contributed by atoms with Gasteiger partial charge in [-0.05, 0) is 38.1 Å². The lowest BCUT2D eigenvalue weighted by atomic mass is 10.3. The molecule has 0 saturated heterocycles. The van der Waals surface area contributed by atoms with E-state index < -0.39 is 27.3 Å². The predicted octanol–water partition coefficient (Wildman–Crippen LogP) is 3.56. The van der Waals surface area contributed by atoms with Crippen LogP contribution in [0.25, 0.3) is 0 Å². The highest BCUT2D eigenvalue weighted by molar-refractivity contribution is 7.92. The van der Waals surface area contributed by atoms with E-state index in [-0.39, 0.29) is 10.6 Å². The van der Waals surface area contributed by atoms with Gasteiger partial charge in [0, 0.05) is 12.1 Å². The molecule has 0 saturated carbocycles. The van der Waals surface area contributed by atoms with E-state index in [1.807, 2.05) is 4.72 Å². The fraction of sp³-hybridized carbons (Fsp3) is 0.250. The van der Waals surface area contributed by atoms with Gasteiger partial charge in [-0.1, -0.05) is 0 Å². The fourth-order valence-corrected chi connectivity index (χ4v) is 3.05. The van der Waals surface area contributed by atoms with Crippen LogP contribution in [0.4, 0.5) is 14.5 Å². The molecule has 5 nitrogen and oxygen atoms in total. The number of nitrogens with one attached hydrogen (secondary N) is 1. The van der Waals surface area contributed by atoms with Gasteiger partial charge in [0.1, 0.15) is 11.6 Å². The molecule has 0 aliphatic rings. The molecule has 24 heavy (non-hydrogen) atoms. The Morgan fingerprint density at radius 1 is 0.958 bits per heavy atom. The summed E-state index contributed by atoms with van der Waals surface area (Å²) in [6, 6.07) is 6.53. The first-order valence-electron chi connectivity index (χ1n) is 7.25. The van der Waals surface area contributed by atoms with Crippen LogP contribution < -0.4 is 14.2 Å². The SMILES string of the molecule is CCOc1ccc(S(=O)(=O)Nc2cc(F)ccc2F)cc1OCC. The molecule has 130 valence electrons. The Morgan fingerprint density at radius 3 is 2.29 bits per heavy atom. The highest BCUT2D eigenvalue weighted by atomic mass is 32.2. The lowest BCUT2D eigenvalue weighted by Gasteiger charge is -2.14. The molecule has 0 aromatic heterocycles. The largest absolute Gasteiger partial charge is 0.490 e. The van der Waals surface area contributed by atoms with Gasteiger partial charge in [0.15, 0.2) is 11.5 Å². The zero-order valence-electron chi connectivity index (χ0n) is 13.2. The number of benzene rings is 2. The summed E-state index contributed by atoms with van der Waals surface area (Å²) in [7, 11) is -4.12. The Bertz CT molecular complexity index is 825. The van der Waals surface area contributed by atoms with Crippen molar-refractivity contribution in [1.82, 2.24) is 0 Å². The summed E-state index contributed by atoms with van der Waals surface area (Å²) >= 11 is 0. The topological polar surface area (TPSA) is 64.6 Å². The predicted molar refractivity (Wildman–Crippen MR) is 85.9 cm³/mol. The van der Waals surface area contributed by atoms with E-state index in [1.165, 1.54) is 18.2 Å². The Hall–Kier alpha value is -2.35. The average molecular weight is 357 g/mol. The van der Waals surface area contributed by atoms with E-state index in [2.05, 4.69) is 0 Å². The minimum absolute atomic E-state index is 0.155. The third-order valence-electron chi connectivity index (χ3n) is 3.00. The number of rotatable bonds is 7. The lowest BCUT2D eigenvalue weighted by molar-refractivity contribution is 0.287. The molecule has 0 amide bonds. The Labute approximate surface area is 139 Å². The Kier molecular flexibility index (Phi) is 5.61. The van der Waals surface area contributed by atoms with Gasteiger partial charge in [-0.2, -0.15) is 0 Å². The fourth-order valence-electron chi connectivity index (χ4n) is 1.98. The van der Waals surface area contributed by atoms with Crippen molar-refractivity contribution in [3.05, 3.63) is 48.0 Å². The molecule has 0 unspecified atom stereocenters. The molecule has 0 radical (unpaired) electrons. The van der Waals surface area contributed by atoms with Crippen molar-refractivity contribution >= 4 is 15.7 Å². The van der Waals surface area contributed by atoms with Gasteiger partial charge in [0.25, 0.3) is 10.0 Å². The maximum atomic E-state index is 13.6. The molecule has 0 heterocycles. The number of ether oxygens (including phenoxy) is 2. The van der Waals surface area contributed by atoms with E-state index in [0.717, 1.165) is 18.2 Å². The first-order valence-corrected chi connectivity index (χ1v) is 8.73. The van der Waals surface area contributed by atoms with E-state index in [0.29, 0.717) is 19.0 Å². The second-order valence-electron chi connectivity index (χ2n) is 4.70. The maximum Gasteiger partial charge on any atom is 0.262 e. The smallest absolute Gasteiger partial charge is 0.262 e. The maximum absolute atomic E-state index is 13.6. The lowest BCUT2D eigenvalue weighted by Crippen LogP contribution is -2.14. The summed E-state index contributed by atoms with van der Waals surface area (Å²) in [5.74, 6) is -0.982. The standard InChI is InChI=1S/C16H17F2NO4S/c1-3-22-15-8-6-12(10-16(15)23-4-2)24(20,21)19-14-9-11(17)5-7-13(14)18/h5-10,19H,3-4H2,1-2H3. The van der Waals surface area contributed by atoms with Crippen molar-refractivity contribution in [3.63, 3.8) is 0 Å². The summed E-state index contributed by atoms with van der Waals surface area (Å²) in [6.45, 7) is 4.24. The molecule has 0 fully saturated rings.